The fraction of sp³-hybridized carbons (Fsp3) is 0.625. The van der Waals surface area contributed by atoms with E-state index < -0.39 is 6.09 Å². The lowest BCUT2D eigenvalue weighted by Gasteiger charge is -2.34. The average Bonchev–Trinajstić information content (AvgIpc) is 3.10. The molecule has 0 bridgehead atoms. The zero-order chi connectivity index (χ0) is 21.9. The van der Waals surface area contributed by atoms with Crippen LogP contribution in [0.3, 0.4) is 0 Å². The molecule has 7 heteroatoms. The molecule has 3 amide bonds. The van der Waals surface area contributed by atoms with Crippen LogP contribution in [-0.4, -0.2) is 60.4 Å². The van der Waals surface area contributed by atoms with Gasteiger partial charge in [-0.25, -0.2) is 4.79 Å². The van der Waals surface area contributed by atoms with Crippen molar-refractivity contribution in [3.05, 3.63) is 35.9 Å². The minimum atomic E-state index is -0.468. The standard InChI is InChI=1S/C24H35N3O4/c28-22(11-8-14-25-24(30)31-19-20-9-4-3-5-10-20)26-17-12-21(13-18-26)23(29)27-15-6-1-2-7-16-27/h3-5,9-10,21H,1-2,6-8,11-19H2,(H,25,30). The van der Waals surface area contributed by atoms with E-state index in [0.717, 1.165) is 44.3 Å². The molecule has 170 valence electrons. The third-order valence-corrected chi connectivity index (χ3v) is 6.16. The van der Waals surface area contributed by atoms with Gasteiger partial charge in [-0.3, -0.25) is 9.59 Å². The summed E-state index contributed by atoms with van der Waals surface area (Å²) >= 11 is 0. The average molecular weight is 430 g/mol. The van der Waals surface area contributed by atoms with E-state index in [1.165, 1.54) is 12.8 Å². The molecule has 1 aromatic carbocycles. The first kappa shape index (κ1) is 23.1. The van der Waals surface area contributed by atoms with Gasteiger partial charge in [0.15, 0.2) is 0 Å². The summed E-state index contributed by atoms with van der Waals surface area (Å²) in [5.41, 5.74) is 0.936. The Kier molecular flexibility index (Phi) is 9.18. The molecule has 0 unspecified atom stereocenters. The Labute approximate surface area is 185 Å². The van der Waals surface area contributed by atoms with Crippen LogP contribution in [0.1, 0.15) is 56.9 Å². The van der Waals surface area contributed by atoms with Crippen molar-refractivity contribution < 1.29 is 19.1 Å². The summed E-state index contributed by atoms with van der Waals surface area (Å²) in [5, 5.41) is 2.69. The van der Waals surface area contributed by atoms with Crippen LogP contribution in [0.2, 0.25) is 0 Å². The lowest BCUT2D eigenvalue weighted by molar-refractivity contribution is -0.140. The van der Waals surface area contributed by atoms with Crippen LogP contribution in [0.5, 0.6) is 0 Å². The number of nitrogens with one attached hydrogen (secondary N) is 1. The maximum Gasteiger partial charge on any atom is 0.407 e. The lowest BCUT2D eigenvalue weighted by atomic mass is 9.95. The van der Waals surface area contributed by atoms with E-state index in [4.69, 9.17) is 4.74 Å². The molecule has 0 saturated carbocycles. The van der Waals surface area contributed by atoms with Crippen molar-refractivity contribution in [3.63, 3.8) is 0 Å². The fourth-order valence-corrected chi connectivity index (χ4v) is 4.29. The van der Waals surface area contributed by atoms with E-state index in [1.807, 2.05) is 40.1 Å². The minimum absolute atomic E-state index is 0.0585. The predicted molar refractivity (Wildman–Crippen MR) is 118 cm³/mol. The Balaban J connectivity index is 1.27. The first-order chi connectivity index (χ1) is 15.1. The molecular formula is C24H35N3O4. The van der Waals surface area contributed by atoms with Crippen LogP contribution in [0.15, 0.2) is 30.3 Å². The van der Waals surface area contributed by atoms with Crippen molar-refractivity contribution in [2.45, 2.75) is 58.0 Å². The van der Waals surface area contributed by atoms with Gasteiger partial charge in [0.1, 0.15) is 6.61 Å². The molecule has 2 aliphatic heterocycles. The second kappa shape index (κ2) is 12.3. The number of benzene rings is 1. The third kappa shape index (κ3) is 7.56. The topological polar surface area (TPSA) is 79.0 Å². The second-order valence-corrected chi connectivity index (χ2v) is 8.49. The van der Waals surface area contributed by atoms with Gasteiger partial charge in [-0.1, -0.05) is 43.2 Å². The van der Waals surface area contributed by atoms with Gasteiger partial charge in [0.2, 0.25) is 11.8 Å². The molecule has 0 spiro atoms. The molecule has 1 N–H and O–H groups in total. The highest BCUT2D eigenvalue weighted by Gasteiger charge is 2.30. The Morgan fingerprint density at radius 1 is 0.903 bits per heavy atom. The van der Waals surface area contributed by atoms with Crippen LogP contribution in [0.4, 0.5) is 4.79 Å². The number of hydrogen-bond donors (Lipinski definition) is 1. The maximum absolute atomic E-state index is 12.8. The predicted octanol–water partition coefficient (Wildman–Crippen LogP) is 3.33. The highest BCUT2D eigenvalue weighted by molar-refractivity contribution is 5.80. The summed E-state index contributed by atoms with van der Waals surface area (Å²) in [6, 6.07) is 9.51. The second-order valence-electron chi connectivity index (χ2n) is 8.49. The number of carbonyl (C=O) groups excluding carboxylic acids is 3. The third-order valence-electron chi connectivity index (χ3n) is 6.16. The molecule has 0 aromatic heterocycles. The van der Waals surface area contributed by atoms with Crippen molar-refractivity contribution in [1.82, 2.24) is 15.1 Å². The van der Waals surface area contributed by atoms with Gasteiger partial charge < -0.3 is 19.9 Å². The molecule has 3 rings (SSSR count). The smallest absolute Gasteiger partial charge is 0.407 e. The molecule has 0 radical (unpaired) electrons. The maximum atomic E-state index is 12.8. The number of piperidine rings is 1. The number of nitrogens with zero attached hydrogens (tertiary/aromatic N) is 2. The summed E-state index contributed by atoms with van der Waals surface area (Å²) in [4.78, 5) is 40.9. The summed E-state index contributed by atoms with van der Waals surface area (Å²) in [5.74, 6) is 0.440. The number of hydrogen-bond acceptors (Lipinski definition) is 4. The van der Waals surface area contributed by atoms with Gasteiger partial charge in [-0.15, -0.1) is 0 Å². The molecule has 7 nitrogen and oxygen atoms in total. The van der Waals surface area contributed by atoms with Crippen molar-refractivity contribution >= 4 is 17.9 Å². The molecule has 0 aliphatic carbocycles. The van der Waals surface area contributed by atoms with Gasteiger partial charge >= 0.3 is 6.09 Å². The molecule has 1 aromatic rings. The lowest BCUT2D eigenvalue weighted by Crippen LogP contribution is -2.44. The summed E-state index contributed by atoms with van der Waals surface area (Å²) < 4.78 is 5.16. The number of alkyl carbamates (subject to hydrolysis) is 1. The first-order valence-corrected chi connectivity index (χ1v) is 11.6. The Morgan fingerprint density at radius 2 is 1.58 bits per heavy atom. The number of amides is 3. The molecular weight excluding hydrogens is 394 g/mol. The number of rotatable bonds is 7. The van der Waals surface area contributed by atoms with Crippen LogP contribution in [0, 0.1) is 5.92 Å². The molecule has 2 saturated heterocycles. The van der Waals surface area contributed by atoms with E-state index in [2.05, 4.69) is 5.32 Å². The van der Waals surface area contributed by atoms with Crippen molar-refractivity contribution in [2.75, 3.05) is 32.7 Å². The molecule has 0 atom stereocenters. The van der Waals surface area contributed by atoms with Crippen LogP contribution >= 0.6 is 0 Å². The van der Waals surface area contributed by atoms with Gasteiger partial charge in [-0.2, -0.15) is 0 Å². The van der Waals surface area contributed by atoms with E-state index in [9.17, 15) is 14.4 Å². The quantitative estimate of drug-likeness (QED) is 0.675. The number of carbonyl (C=O) groups is 3. The van der Waals surface area contributed by atoms with E-state index >= 15 is 0 Å². The monoisotopic (exact) mass is 429 g/mol. The Hall–Kier alpha value is -2.57. The normalized spacial score (nSPS) is 17.7. The summed E-state index contributed by atoms with van der Waals surface area (Å²) in [7, 11) is 0. The van der Waals surface area contributed by atoms with E-state index in [0.29, 0.717) is 32.5 Å². The van der Waals surface area contributed by atoms with Gasteiger partial charge in [0, 0.05) is 45.1 Å². The molecule has 31 heavy (non-hydrogen) atoms. The molecule has 2 heterocycles. The zero-order valence-corrected chi connectivity index (χ0v) is 18.4. The van der Waals surface area contributed by atoms with Crippen LogP contribution < -0.4 is 5.32 Å². The summed E-state index contributed by atoms with van der Waals surface area (Å²) in [6.07, 6.45) is 6.66. The largest absolute Gasteiger partial charge is 0.445 e. The number of ether oxygens (including phenoxy) is 1. The highest BCUT2D eigenvalue weighted by Crippen LogP contribution is 2.22. The Morgan fingerprint density at radius 3 is 2.26 bits per heavy atom. The number of likely N-dealkylation sites (tertiary alicyclic amines) is 2. The van der Waals surface area contributed by atoms with Crippen LogP contribution in [0.25, 0.3) is 0 Å². The van der Waals surface area contributed by atoms with Gasteiger partial charge in [0.25, 0.3) is 0 Å². The zero-order valence-electron chi connectivity index (χ0n) is 18.4. The van der Waals surface area contributed by atoms with E-state index in [-0.39, 0.29) is 24.3 Å². The molecule has 2 fully saturated rings. The van der Waals surface area contributed by atoms with E-state index in [1.54, 1.807) is 0 Å². The SMILES string of the molecule is O=C(NCCCC(=O)N1CCC(C(=O)N2CCCCCC2)CC1)OCc1ccccc1. The first-order valence-electron chi connectivity index (χ1n) is 11.6. The molecule has 2 aliphatic rings. The Bertz CT molecular complexity index is 709. The van der Waals surface area contributed by atoms with Crippen molar-refractivity contribution in [3.8, 4) is 0 Å². The van der Waals surface area contributed by atoms with Crippen molar-refractivity contribution in [1.29, 1.82) is 0 Å². The highest BCUT2D eigenvalue weighted by atomic mass is 16.5. The van der Waals surface area contributed by atoms with Gasteiger partial charge in [-0.05, 0) is 37.7 Å². The van der Waals surface area contributed by atoms with Crippen LogP contribution in [-0.2, 0) is 20.9 Å². The fourth-order valence-electron chi connectivity index (χ4n) is 4.29. The van der Waals surface area contributed by atoms with Crippen molar-refractivity contribution in [2.24, 2.45) is 5.92 Å². The van der Waals surface area contributed by atoms with Gasteiger partial charge in [0.05, 0.1) is 0 Å². The minimum Gasteiger partial charge on any atom is -0.445 e. The summed E-state index contributed by atoms with van der Waals surface area (Å²) in [6.45, 7) is 3.71.